The summed E-state index contributed by atoms with van der Waals surface area (Å²) in [6.45, 7) is 5.59. The van der Waals surface area contributed by atoms with E-state index in [0.717, 1.165) is 24.3 Å². The molecule has 0 saturated heterocycles. The van der Waals surface area contributed by atoms with Gasteiger partial charge in [0.25, 0.3) is 0 Å². The molecule has 2 heterocycles. The van der Waals surface area contributed by atoms with Crippen molar-refractivity contribution in [3.05, 3.63) is 53.1 Å². The summed E-state index contributed by atoms with van der Waals surface area (Å²) in [7, 11) is -1.21. The van der Waals surface area contributed by atoms with Crippen molar-refractivity contribution >= 4 is 9.84 Å². The molecule has 4 rings (SSSR count). The quantitative estimate of drug-likeness (QED) is 0.727. The van der Waals surface area contributed by atoms with Crippen molar-refractivity contribution in [3.8, 4) is 5.75 Å². The molecule has 0 aliphatic carbocycles. The Labute approximate surface area is 148 Å². The van der Waals surface area contributed by atoms with Gasteiger partial charge in [-0.2, -0.15) is 0 Å². The van der Waals surface area contributed by atoms with E-state index >= 15 is 0 Å². The predicted octanol–water partition coefficient (Wildman–Crippen LogP) is 3.02. The van der Waals surface area contributed by atoms with Gasteiger partial charge in [0.05, 0.1) is 16.9 Å². The lowest BCUT2D eigenvalue weighted by Gasteiger charge is -2.26. The van der Waals surface area contributed by atoms with Crippen molar-refractivity contribution in [2.24, 2.45) is 0 Å². The molecule has 0 aromatic heterocycles. The molecule has 1 unspecified atom stereocenters. The van der Waals surface area contributed by atoms with Crippen LogP contribution in [0.1, 0.15) is 29.8 Å². The van der Waals surface area contributed by atoms with Gasteiger partial charge >= 0.3 is 0 Å². The first kappa shape index (κ1) is 17.9. The molecule has 0 spiro atoms. The molecule has 2 aliphatic heterocycles. The monoisotopic (exact) mass is 361 g/mol. The third-order valence-electron chi connectivity index (χ3n) is 4.33. The Hall–Kier alpha value is -1.89. The molecule has 2 aromatic carbocycles. The Morgan fingerprint density at radius 3 is 2.60 bits per heavy atom. The lowest BCUT2D eigenvalue weighted by Crippen LogP contribution is -2.31. The second-order valence-electron chi connectivity index (χ2n) is 6.06. The van der Waals surface area contributed by atoms with Crippen molar-refractivity contribution in [1.29, 1.82) is 0 Å². The fourth-order valence-corrected chi connectivity index (χ4v) is 4.31. The van der Waals surface area contributed by atoms with Gasteiger partial charge < -0.3 is 9.47 Å². The zero-order chi connectivity index (χ0) is 18.0. The Kier molecular flexibility index (Phi) is 5.13. The van der Waals surface area contributed by atoms with Crippen LogP contribution in [0.5, 0.6) is 5.75 Å². The molecule has 0 radical (unpaired) electrons. The topological polar surface area (TPSA) is 64.6 Å². The van der Waals surface area contributed by atoms with E-state index in [9.17, 15) is 8.42 Å². The highest BCUT2D eigenvalue weighted by atomic mass is 32.2. The predicted molar refractivity (Wildman–Crippen MR) is 95.7 cm³/mol. The largest absolute Gasteiger partial charge is 0.497 e. The van der Waals surface area contributed by atoms with Crippen LogP contribution < -0.4 is 10.1 Å². The average Bonchev–Trinajstić information content (AvgIpc) is 3.16. The van der Waals surface area contributed by atoms with E-state index in [1.165, 1.54) is 11.1 Å². The maximum absolute atomic E-state index is 10.9. The molecular formula is C19H23NO4S. The molecule has 134 valence electrons. The number of methoxy groups -OCH3 is 1. The van der Waals surface area contributed by atoms with Gasteiger partial charge in [0.2, 0.25) is 9.84 Å². The fraction of sp³-hybridized carbons (Fsp3) is 0.368. The lowest BCUT2D eigenvalue weighted by molar-refractivity contribution is 0.0327. The Morgan fingerprint density at radius 2 is 1.96 bits per heavy atom. The third kappa shape index (κ3) is 3.71. The van der Waals surface area contributed by atoms with Crippen LogP contribution in [0.4, 0.5) is 0 Å². The molecule has 1 atom stereocenters. The van der Waals surface area contributed by atoms with Crippen LogP contribution in [-0.2, 0) is 21.0 Å². The van der Waals surface area contributed by atoms with E-state index in [-0.39, 0.29) is 6.23 Å². The SMILES string of the molecule is CCOC1NCCc2ccc(OC)cc21.Cc1ccc2c(c1)S2(=O)=O. The summed E-state index contributed by atoms with van der Waals surface area (Å²) in [6.07, 6.45) is 1.08. The molecule has 0 bridgehead atoms. The lowest BCUT2D eigenvalue weighted by atomic mass is 9.99. The van der Waals surface area contributed by atoms with E-state index in [2.05, 4.69) is 17.4 Å². The summed E-state index contributed by atoms with van der Waals surface area (Å²) in [6, 6.07) is 11.4. The molecule has 25 heavy (non-hydrogen) atoms. The van der Waals surface area contributed by atoms with Crippen LogP contribution in [-0.4, -0.2) is 28.7 Å². The van der Waals surface area contributed by atoms with Crippen LogP contribution in [0.25, 0.3) is 0 Å². The van der Waals surface area contributed by atoms with Crippen LogP contribution in [0.15, 0.2) is 46.2 Å². The summed E-state index contributed by atoms with van der Waals surface area (Å²) in [4.78, 5) is 1.01. The number of benzene rings is 2. The summed E-state index contributed by atoms with van der Waals surface area (Å²) >= 11 is 0. The van der Waals surface area contributed by atoms with E-state index < -0.39 is 9.84 Å². The first-order valence-electron chi connectivity index (χ1n) is 8.35. The molecule has 5 nitrogen and oxygen atoms in total. The number of sulfone groups is 1. The van der Waals surface area contributed by atoms with Gasteiger partial charge in [-0.15, -0.1) is 0 Å². The van der Waals surface area contributed by atoms with Crippen molar-refractivity contribution in [2.45, 2.75) is 36.3 Å². The van der Waals surface area contributed by atoms with Crippen LogP contribution in [0.2, 0.25) is 0 Å². The normalized spacial score (nSPS) is 19.1. The second kappa shape index (κ2) is 7.15. The molecule has 2 aliphatic rings. The minimum atomic E-state index is -2.90. The van der Waals surface area contributed by atoms with Crippen molar-refractivity contribution in [2.75, 3.05) is 20.3 Å². The summed E-state index contributed by atoms with van der Waals surface area (Å²) in [5, 5.41) is 3.35. The molecule has 6 heteroatoms. The number of nitrogens with one attached hydrogen (secondary N) is 1. The van der Waals surface area contributed by atoms with Crippen LogP contribution in [0.3, 0.4) is 0 Å². The van der Waals surface area contributed by atoms with Crippen molar-refractivity contribution in [3.63, 3.8) is 0 Å². The van der Waals surface area contributed by atoms with Crippen molar-refractivity contribution < 1.29 is 17.9 Å². The molecule has 1 N–H and O–H groups in total. The highest BCUT2D eigenvalue weighted by Crippen LogP contribution is 2.40. The van der Waals surface area contributed by atoms with Gasteiger partial charge in [0.15, 0.2) is 0 Å². The van der Waals surface area contributed by atoms with Crippen LogP contribution in [0, 0.1) is 6.92 Å². The molecule has 0 saturated carbocycles. The summed E-state index contributed by atoms with van der Waals surface area (Å²) in [5.74, 6) is 0.891. The molecule has 2 aromatic rings. The number of ether oxygens (including phenoxy) is 2. The Morgan fingerprint density at radius 1 is 1.16 bits per heavy atom. The van der Waals surface area contributed by atoms with Gasteiger partial charge in [-0.1, -0.05) is 12.1 Å². The number of fused-ring (bicyclic) bond motifs is 2. The number of aryl methyl sites for hydroxylation is 1. The zero-order valence-electron chi connectivity index (χ0n) is 14.7. The second-order valence-corrected chi connectivity index (χ2v) is 7.94. The summed E-state index contributed by atoms with van der Waals surface area (Å²) in [5.41, 5.74) is 3.57. The number of hydrogen-bond acceptors (Lipinski definition) is 5. The van der Waals surface area contributed by atoms with Gasteiger partial charge in [-0.25, -0.2) is 8.42 Å². The fourth-order valence-electron chi connectivity index (χ4n) is 2.94. The maximum Gasteiger partial charge on any atom is 0.209 e. The smallest absolute Gasteiger partial charge is 0.209 e. The standard InChI is InChI=1S/C12H17NO2.C7H6O2S/c1-3-15-12-11-8-10(14-2)5-4-9(11)6-7-13-12;1-5-2-3-6-7(4-5)10(6,8)9/h4-5,8,12-13H,3,6-7H2,1-2H3;2-4H,1H3. The minimum Gasteiger partial charge on any atom is -0.497 e. The molecular weight excluding hydrogens is 338 g/mol. The Bertz CT molecular complexity index is 877. The number of hydrogen-bond donors (Lipinski definition) is 1. The molecule has 0 amide bonds. The first-order chi connectivity index (χ1) is 12.0. The van der Waals surface area contributed by atoms with E-state index in [4.69, 9.17) is 9.47 Å². The first-order valence-corrected chi connectivity index (χ1v) is 9.83. The Balaban J connectivity index is 0.000000157. The van der Waals surface area contributed by atoms with E-state index in [1.807, 2.05) is 26.0 Å². The minimum absolute atomic E-state index is 0.0221. The van der Waals surface area contributed by atoms with Gasteiger partial charge in [0, 0.05) is 18.7 Å². The maximum atomic E-state index is 10.9. The third-order valence-corrected chi connectivity index (χ3v) is 5.98. The summed E-state index contributed by atoms with van der Waals surface area (Å²) < 4.78 is 32.6. The van der Waals surface area contributed by atoms with Crippen LogP contribution >= 0.6 is 0 Å². The van der Waals surface area contributed by atoms with Gasteiger partial charge in [-0.3, -0.25) is 5.32 Å². The highest BCUT2D eigenvalue weighted by Gasteiger charge is 2.38. The average molecular weight is 361 g/mol. The highest BCUT2D eigenvalue weighted by molar-refractivity contribution is 7.97. The van der Waals surface area contributed by atoms with E-state index in [0.29, 0.717) is 16.4 Å². The zero-order valence-corrected chi connectivity index (χ0v) is 15.5. The van der Waals surface area contributed by atoms with Crippen molar-refractivity contribution in [1.82, 2.24) is 5.32 Å². The molecule has 0 fully saturated rings. The van der Waals surface area contributed by atoms with E-state index in [1.54, 1.807) is 19.2 Å². The van der Waals surface area contributed by atoms with Gasteiger partial charge in [0.1, 0.15) is 12.0 Å². The van der Waals surface area contributed by atoms with Gasteiger partial charge in [-0.05, 0) is 55.7 Å². The number of rotatable bonds is 3.